The van der Waals surface area contributed by atoms with Crippen molar-refractivity contribution in [3.63, 3.8) is 0 Å². The quantitative estimate of drug-likeness (QED) is 0.670. The van der Waals surface area contributed by atoms with Crippen LogP contribution in [0.25, 0.3) is 0 Å². The van der Waals surface area contributed by atoms with Gasteiger partial charge in [-0.1, -0.05) is 35.6 Å². The summed E-state index contributed by atoms with van der Waals surface area (Å²) in [6, 6.07) is 14.0. The Bertz CT molecular complexity index is 879. The summed E-state index contributed by atoms with van der Waals surface area (Å²) >= 11 is 1.49. The molecular formula is C19H19FN4OS. The fourth-order valence-corrected chi connectivity index (χ4v) is 3.30. The molecule has 1 amide bonds. The molecule has 0 fully saturated rings. The van der Waals surface area contributed by atoms with E-state index in [1.165, 1.54) is 23.5 Å². The SMILES string of the molecule is CNC(=O)c1cccc(CCNc2nnc(Cc3ccc(F)cc3)s2)c1. The van der Waals surface area contributed by atoms with E-state index in [4.69, 9.17) is 0 Å². The van der Waals surface area contributed by atoms with Crippen molar-refractivity contribution in [1.82, 2.24) is 15.5 Å². The van der Waals surface area contributed by atoms with Crippen molar-refractivity contribution in [1.29, 1.82) is 0 Å². The molecule has 1 aromatic heterocycles. The first-order valence-corrected chi connectivity index (χ1v) is 9.07. The highest BCUT2D eigenvalue weighted by atomic mass is 32.1. The molecular weight excluding hydrogens is 351 g/mol. The van der Waals surface area contributed by atoms with Crippen LogP contribution in [0.3, 0.4) is 0 Å². The van der Waals surface area contributed by atoms with E-state index in [1.807, 2.05) is 18.2 Å². The van der Waals surface area contributed by atoms with Crippen LogP contribution in [0, 0.1) is 5.82 Å². The average molecular weight is 370 g/mol. The van der Waals surface area contributed by atoms with Crippen molar-refractivity contribution in [3.8, 4) is 0 Å². The Morgan fingerprint density at radius 3 is 2.69 bits per heavy atom. The Balaban J connectivity index is 1.52. The summed E-state index contributed by atoms with van der Waals surface area (Å²) in [5, 5.41) is 15.8. The zero-order valence-corrected chi connectivity index (χ0v) is 15.1. The molecule has 0 aliphatic carbocycles. The number of hydrogen-bond acceptors (Lipinski definition) is 5. The van der Waals surface area contributed by atoms with Crippen molar-refractivity contribution in [2.24, 2.45) is 0 Å². The minimum absolute atomic E-state index is 0.0885. The van der Waals surface area contributed by atoms with Gasteiger partial charge in [0.2, 0.25) is 5.13 Å². The fraction of sp³-hybridized carbons (Fsp3) is 0.211. The van der Waals surface area contributed by atoms with Gasteiger partial charge in [0.1, 0.15) is 10.8 Å². The van der Waals surface area contributed by atoms with Gasteiger partial charge in [-0.2, -0.15) is 0 Å². The number of anilines is 1. The van der Waals surface area contributed by atoms with Gasteiger partial charge in [-0.25, -0.2) is 4.39 Å². The van der Waals surface area contributed by atoms with Crippen LogP contribution in [0.2, 0.25) is 0 Å². The zero-order chi connectivity index (χ0) is 18.4. The van der Waals surface area contributed by atoms with Gasteiger partial charge in [0.15, 0.2) is 0 Å². The Morgan fingerprint density at radius 2 is 1.92 bits per heavy atom. The number of carbonyl (C=O) groups is 1. The van der Waals surface area contributed by atoms with Gasteiger partial charge in [-0.05, 0) is 41.8 Å². The predicted octanol–water partition coefficient (Wildman–Crippen LogP) is 3.28. The maximum atomic E-state index is 12.9. The molecule has 0 aliphatic heterocycles. The van der Waals surface area contributed by atoms with Crippen LogP contribution < -0.4 is 10.6 Å². The summed E-state index contributed by atoms with van der Waals surface area (Å²) in [5.74, 6) is -0.330. The lowest BCUT2D eigenvalue weighted by Gasteiger charge is -2.05. The highest BCUT2D eigenvalue weighted by molar-refractivity contribution is 7.15. The molecule has 3 aromatic rings. The normalized spacial score (nSPS) is 10.5. The van der Waals surface area contributed by atoms with Gasteiger partial charge in [0, 0.05) is 25.6 Å². The van der Waals surface area contributed by atoms with Crippen molar-refractivity contribution in [2.75, 3.05) is 18.9 Å². The second-order valence-electron chi connectivity index (χ2n) is 5.76. The number of halogens is 1. The van der Waals surface area contributed by atoms with Crippen LogP contribution >= 0.6 is 11.3 Å². The van der Waals surface area contributed by atoms with Crippen molar-refractivity contribution < 1.29 is 9.18 Å². The van der Waals surface area contributed by atoms with E-state index in [-0.39, 0.29) is 11.7 Å². The number of benzene rings is 2. The van der Waals surface area contributed by atoms with Gasteiger partial charge >= 0.3 is 0 Å². The van der Waals surface area contributed by atoms with Crippen molar-refractivity contribution in [2.45, 2.75) is 12.8 Å². The molecule has 7 heteroatoms. The summed E-state index contributed by atoms with van der Waals surface area (Å²) < 4.78 is 12.9. The highest BCUT2D eigenvalue weighted by Gasteiger charge is 2.06. The van der Waals surface area contributed by atoms with Crippen molar-refractivity contribution in [3.05, 3.63) is 76.0 Å². The number of rotatable bonds is 7. The molecule has 2 N–H and O–H groups in total. The molecule has 3 rings (SSSR count). The molecule has 1 heterocycles. The summed E-state index contributed by atoms with van der Waals surface area (Å²) in [6.45, 7) is 0.697. The van der Waals surface area contributed by atoms with E-state index in [0.717, 1.165) is 27.7 Å². The van der Waals surface area contributed by atoms with E-state index in [9.17, 15) is 9.18 Å². The van der Waals surface area contributed by atoms with Crippen LogP contribution in [0.4, 0.5) is 9.52 Å². The maximum Gasteiger partial charge on any atom is 0.251 e. The molecule has 26 heavy (non-hydrogen) atoms. The summed E-state index contributed by atoms with van der Waals surface area (Å²) in [4.78, 5) is 11.7. The first-order chi connectivity index (χ1) is 12.6. The predicted molar refractivity (Wildman–Crippen MR) is 101 cm³/mol. The van der Waals surface area contributed by atoms with E-state index in [0.29, 0.717) is 18.5 Å². The van der Waals surface area contributed by atoms with Crippen LogP contribution in [0.5, 0.6) is 0 Å². The lowest BCUT2D eigenvalue weighted by molar-refractivity contribution is 0.0963. The molecule has 0 atom stereocenters. The Morgan fingerprint density at radius 1 is 1.12 bits per heavy atom. The molecule has 0 radical (unpaired) electrons. The molecule has 0 saturated heterocycles. The number of aromatic nitrogens is 2. The van der Waals surface area contributed by atoms with Gasteiger partial charge in [-0.15, -0.1) is 10.2 Å². The minimum Gasteiger partial charge on any atom is -0.360 e. The molecule has 0 unspecified atom stereocenters. The topological polar surface area (TPSA) is 66.9 Å². The minimum atomic E-state index is -0.242. The van der Waals surface area contributed by atoms with Crippen molar-refractivity contribution >= 4 is 22.4 Å². The molecule has 0 saturated carbocycles. The number of hydrogen-bond donors (Lipinski definition) is 2. The van der Waals surface area contributed by atoms with E-state index in [1.54, 1.807) is 25.2 Å². The highest BCUT2D eigenvalue weighted by Crippen LogP contribution is 2.19. The zero-order valence-electron chi connectivity index (χ0n) is 14.3. The second kappa shape index (κ2) is 8.53. The lowest BCUT2D eigenvalue weighted by Crippen LogP contribution is -2.18. The second-order valence-corrected chi connectivity index (χ2v) is 6.82. The number of carbonyl (C=O) groups excluding carboxylic acids is 1. The average Bonchev–Trinajstić information content (AvgIpc) is 3.10. The third kappa shape index (κ3) is 4.86. The Labute approximate surface area is 155 Å². The lowest BCUT2D eigenvalue weighted by atomic mass is 10.1. The molecule has 134 valence electrons. The van der Waals surface area contributed by atoms with Gasteiger partial charge < -0.3 is 10.6 Å². The van der Waals surface area contributed by atoms with Gasteiger partial charge in [0.05, 0.1) is 0 Å². The van der Waals surface area contributed by atoms with Crippen LogP contribution in [-0.2, 0) is 12.8 Å². The number of nitrogens with one attached hydrogen (secondary N) is 2. The third-order valence-electron chi connectivity index (χ3n) is 3.84. The maximum absolute atomic E-state index is 12.9. The summed E-state index contributed by atoms with van der Waals surface area (Å²) in [5.41, 5.74) is 2.73. The van der Waals surface area contributed by atoms with Gasteiger partial charge in [-0.3, -0.25) is 4.79 Å². The molecule has 0 bridgehead atoms. The first-order valence-electron chi connectivity index (χ1n) is 8.26. The number of nitrogens with zero attached hydrogens (tertiary/aromatic N) is 2. The fourth-order valence-electron chi connectivity index (χ4n) is 2.50. The first kappa shape index (κ1) is 18.0. The smallest absolute Gasteiger partial charge is 0.251 e. The van der Waals surface area contributed by atoms with E-state index in [2.05, 4.69) is 20.8 Å². The van der Waals surface area contributed by atoms with Crippen LogP contribution in [0.15, 0.2) is 48.5 Å². The summed E-state index contributed by atoms with van der Waals surface area (Å²) in [7, 11) is 1.62. The van der Waals surface area contributed by atoms with Crippen LogP contribution in [0.1, 0.15) is 26.5 Å². The van der Waals surface area contributed by atoms with Gasteiger partial charge in [0.25, 0.3) is 5.91 Å². The standard InChI is InChI=1S/C19H19FN4OS/c1-21-18(25)15-4-2-3-13(11-15)9-10-22-19-24-23-17(26-19)12-14-5-7-16(20)8-6-14/h2-8,11H,9-10,12H2,1H3,(H,21,25)(H,22,24). The van der Waals surface area contributed by atoms with E-state index < -0.39 is 0 Å². The Kier molecular flexibility index (Phi) is 5.91. The number of amides is 1. The molecule has 2 aromatic carbocycles. The van der Waals surface area contributed by atoms with E-state index >= 15 is 0 Å². The summed E-state index contributed by atoms with van der Waals surface area (Å²) in [6.07, 6.45) is 1.41. The largest absolute Gasteiger partial charge is 0.360 e. The molecule has 5 nitrogen and oxygen atoms in total. The third-order valence-corrected chi connectivity index (χ3v) is 4.72. The monoisotopic (exact) mass is 370 g/mol. The van der Waals surface area contributed by atoms with Crippen LogP contribution in [-0.4, -0.2) is 29.7 Å². The molecule has 0 spiro atoms. The Hall–Kier alpha value is -2.80. The molecule has 0 aliphatic rings.